The summed E-state index contributed by atoms with van der Waals surface area (Å²) in [5.41, 5.74) is 0.385. The molecule has 1 amide bonds. The summed E-state index contributed by atoms with van der Waals surface area (Å²) in [5, 5.41) is 2.71. The van der Waals surface area contributed by atoms with Crippen molar-refractivity contribution < 1.29 is 27.4 Å². The van der Waals surface area contributed by atoms with Gasteiger partial charge in [0.05, 0.1) is 32.2 Å². The van der Waals surface area contributed by atoms with E-state index in [0.29, 0.717) is 29.5 Å². The molecule has 0 fully saturated rings. The predicted octanol–water partition coefficient (Wildman–Crippen LogP) is 2.44. The summed E-state index contributed by atoms with van der Waals surface area (Å²) >= 11 is 0. The lowest BCUT2D eigenvalue weighted by molar-refractivity contribution is -0.121. The number of carbonyl (C=O) groups excluding carboxylic acids is 1. The molecular weight excluding hydrogens is 408 g/mol. The second kappa shape index (κ2) is 10.7. The van der Waals surface area contributed by atoms with Gasteiger partial charge < -0.3 is 19.5 Å². The lowest BCUT2D eigenvalue weighted by Crippen LogP contribution is -2.48. The smallest absolute Gasteiger partial charge is 0.243 e. The van der Waals surface area contributed by atoms with E-state index in [2.05, 4.69) is 5.32 Å². The van der Waals surface area contributed by atoms with E-state index in [9.17, 15) is 13.2 Å². The molecule has 2 aromatic carbocycles. The molecule has 0 aliphatic heterocycles. The number of hydrogen-bond acceptors (Lipinski definition) is 6. The van der Waals surface area contributed by atoms with E-state index in [1.54, 1.807) is 55.6 Å². The number of carbonyl (C=O) groups is 1. The van der Waals surface area contributed by atoms with Gasteiger partial charge in [-0.15, -0.1) is 0 Å². The van der Waals surface area contributed by atoms with Crippen molar-refractivity contribution in [2.75, 3.05) is 37.4 Å². The quantitative estimate of drug-likeness (QED) is 0.544. The minimum absolute atomic E-state index is 0.223. The number of ether oxygens (including phenoxy) is 3. The van der Waals surface area contributed by atoms with Crippen molar-refractivity contribution in [3.8, 4) is 17.2 Å². The van der Waals surface area contributed by atoms with Gasteiger partial charge in [0.1, 0.15) is 29.9 Å². The van der Waals surface area contributed by atoms with Gasteiger partial charge in [-0.1, -0.05) is 6.07 Å². The van der Waals surface area contributed by atoms with Crippen LogP contribution in [-0.4, -0.2) is 53.5 Å². The molecule has 0 aliphatic carbocycles. The van der Waals surface area contributed by atoms with Crippen LogP contribution in [0.25, 0.3) is 0 Å². The highest BCUT2D eigenvalue weighted by molar-refractivity contribution is 7.92. The van der Waals surface area contributed by atoms with E-state index in [0.717, 1.165) is 10.6 Å². The second-order valence-electron chi connectivity index (χ2n) is 6.48. The van der Waals surface area contributed by atoms with Gasteiger partial charge >= 0.3 is 0 Å². The lowest BCUT2D eigenvalue weighted by atomic mass is 10.2. The van der Waals surface area contributed by atoms with Crippen LogP contribution in [0.2, 0.25) is 0 Å². The van der Waals surface area contributed by atoms with Crippen molar-refractivity contribution in [3.05, 3.63) is 48.5 Å². The van der Waals surface area contributed by atoms with Crippen LogP contribution in [0.15, 0.2) is 48.5 Å². The van der Waals surface area contributed by atoms with Gasteiger partial charge in [-0.3, -0.25) is 9.10 Å². The average Bonchev–Trinajstić information content (AvgIpc) is 2.71. The highest BCUT2D eigenvalue weighted by atomic mass is 32.2. The van der Waals surface area contributed by atoms with E-state index in [1.807, 2.05) is 6.92 Å². The van der Waals surface area contributed by atoms with Crippen LogP contribution in [0, 0.1) is 0 Å². The molecule has 0 aromatic heterocycles. The number of nitrogens with one attached hydrogen (secondary N) is 1. The van der Waals surface area contributed by atoms with Crippen molar-refractivity contribution in [1.82, 2.24) is 5.32 Å². The molecule has 8 nitrogen and oxygen atoms in total. The number of hydrogen-bond donors (Lipinski definition) is 1. The molecule has 2 aromatic rings. The van der Waals surface area contributed by atoms with Crippen LogP contribution in [-0.2, 0) is 14.8 Å². The van der Waals surface area contributed by atoms with Crippen molar-refractivity contribution in [3.63, 3.8) is 0 Å². The first kappa shape index (κ1) is 23.3. The molecule has 0 heterocycles. The minimum atomic E-state index is -3.68. The molecular formula is C21H28N2O6S. The summed E-state index contributed by atoms with van der Waals surface area (Å²) in [4.78, 5) is 12.6. The van der Waals surface area contributed by atoms with E-state index in [4.69, 9.17) is 14.2 Å². The Morgan fingerprint density at radius 2 is 1.73 bits per heavy atom. The van der Waals surface area contributed by atoms with Gasteiger partial charge in [0, 0.05) is 6.07 Å². The monoisotopic (exact) mass is 436 g/mol. The first-order chi connectivity index (χ1) is 14.3. The van der Waals surface area contributed by atoms with E-state index in [1.165, 1.54) is 6.92 Å². The van der Waals surface area contributed by atoms with Crippen molar-refractivity contribution in [2.45, 2.75) is 19.9 Å². The fourth-order valence-corrected chi connectivity index (χ4v) is 4.02. The van der Waals surface area contributed by atoms with Gasteiger partial charge in [-0.2, -0.15) is 0 Å². The standard InChI is InChI=1S/C21H28N2O6S/c1-5-28-18-11-9-17(10-12-18)23(30(4,25)26)16(2)21(24)22-13-14-29-20-8-6-7-19(15-20)27-3/h6-12,15-16H,5,13-14H2,1-4H3,(H,22,24)/t16-/m0/s1. The number of anilines is 1. The van der Waals surface area contributed by atoms with Gasteiger partial charge in [0.2, 0.25) is 15.9 Å². The predicted molar refractivity (Wildman–Crippen MR) is 116 cm³/mol. The largest absolute Gasteiger partial charge is 0.497 e. The van der Waals surface area contributed by atoms with Crippen LogP contribution < -0.4 is 23.8 Å². The van der Waals surface area contributed by atoms with Crippen molar-refractivity contribution in [2.24, 2.45) is 0 Å². The normalized spacial score (nSPS) is 12.0. The fraction of sp³-hybridized carbons (Fsp3) is 0.381. The van der Waals surface area contributed by atoms with Crippen LogP contribution in [0.3, 0.4) is 0 Å². The number of benzene rings is 2. The molecule has 30 heavy (non-hydrogen) atoms. The molecule has 1 N–H and O–H groups in total. The zero-order valence-electron chi connectivity index (χ0n) is 17.6. The number of amides is 1. The number of methoxy groups -OCH3 is 1. The summed E-state index contributed by atoms with van der Waals surface area (Å²) in [6, 6.07) is 12.8. The molecule has 0 radical (unpaired) electrons. The molecule has 0 saturated heterocycles. The van der Waals surface area contributed by atoms with Crippen LogP contribution in [0.1, 0.15) is 13.8 Å². The Morgan fingerprint density at radius 1 is 1.07 bits per heavy atom. The van der Waals surface area contributed by atoms with Gasteiger partial charge in [0.15, 0.2) is 0 Å². The zero-order chi connectivity index (χ0) is 22.1. The molecule has 0 aliphatic rings. The van der Waals surface area contributed by atoms with Gasteiger partial charge in [-0.05, 0) is 50.2 Å². The SMILES string of the molecule is CCOc1ccc(N([C@@H](C)C(=O)NCCOc2cccc(OC)c2)S(C)(=O)=O)cc1. The van der Waals surface area contributed by atoms with Crippen molar-refractivity contribution >= 4 is 21.6 Å². The summed E-state index contributed by atoms with van der Waals surface area (Å²) in [7, 11) is -2.11. The van der Waals surface area contributed by atoms with Gasteiger partial charge in [0.25, 0.3) is 0 Å². The summed E-state index contributed by atoms with van der Waals surface area (Å²) in [5.74, 6) is 1.48. The first-order valence-corrected chi connectivity index (χ1v) is 11.4. The second-order valence-corrected chi connectivity index (χ2v) is 8.34. The summed E-state index contributed by atoms with van der Waals surface area (Å²) < 4.78 is 41.9. The Kier molecular flexibility index (Phi) is 8.35. The lowest BCUT2D eigenvalue weighted by Gasteiger charge is -2.28. The number of sulfonamides is 1. The van der Waals surface area contributed by atoms with Crippen LogP contribution in [0.5, 0.6) is 17.2 Å². The minimum Gasteiger partial charge on any atom is -0.497 e. The Hall–Kier alpha value is -2.94. The first-order valence-electron chi connectivity index (χ1n) is 9.53. The molecule has 0 bridgehead atoms. The maximum absolute atomic E-state index is 12.6. The van der Waals surface area contributed by atoms with Gasteiger partial charge in [-0.25, -0.2) is 8.42 Å². The Morgan fingerprint density at radius 3 is 2.33 bits per heavy atom. The molecule has 0 spiro atoms. The average molecular weight is 437 g/mol. The van der Waals surface area contributed by atoms with E-state index in [-0.39, 0.29) is 13.2 Å². The van der Waals surface area contributed by atoms with E-state index < -0.39 is 22.0 Å². The Bertz CT molecular complexity index is 931. The Labute approximate surface area is 177 Å². The maximum atomic E-state index is 12.6. The summed E-state index contributed by atoms with van der Waals surface area (Å²) in [6.07, 6.45) is 1.07. The van der Waals surface area contributed by atoms with Crippen LogP contribution >= 0.6 is 0 Å². The third-order valence-corrected chi connectivity index (χ3v) is 5.44. The van der Waals surface area contributed by atoms with Crippen LogP contribution in [0.4, 0.5) is 5.69 Å². The highest BCUT2D eigenvalue weighted by Crippen LogP contribution is 2.24. The third kappa shape index (κ3) is 6.55. The number of rotatable bonds is 11. The molecule has 0 unspecified atom stereocenters. The molecule has 1 atom stereocenters. The molecule has 9 heteroatoms. The summed E-state index contributed by atoms with van der Waals surface area (Å²) in [6.45, 7) is 4.36. The fourth-order valence-electron chi connectivity index (χ4n) is 2.85. The Balaban J connectivity index is 1.98. The van der Waals surface area contributed by atoms with E-state index >= 15 is 0 Å². The molecule has 2 rings (SSSR count). The zero-order valence-corrected chi connectivity index (χ0v) is 18.4. The number of nitrogens with zero attached hydrogens (tertiary/aromatic N) is 1. The molecule has 164 valence electrons. The van der Waals surface area contributed by atoms with Crippen molar-refractivity contribution in [1.29, 1.82) is 0 Å². The topological polar surface area (TPSA) is 94.2 Å². The molecule has 0 saturated carbocycles. The maximum Gasteiger partial charge on any atom is 0.243 e. The third-order valence-electron chi connectivity index (χ3n) is 4.20. The highest BCUT2D eigenvalue weighted by Gasteiger charge is 2.28.